The smallest absolute Gasteiger partial charge is 0.344 e. The normalized spacial score (nSPS) is 21.3. The number of amides is 1. The van der Waals surface area contributed by atoms with Crippen molar-refractivity contribution in [3.05, 3.63) is 23.8 Å². The van der Waals surface area contributed by atoms with E-state index in [9.17, 15) is 13.2 Å². The minimum absolute atomic E-state index is 0.0694. The van der Waals surface area contributed by atoms with Gasteiger partial charge in [0.05, 0.1) is 30.3 Å². The number of ether oxygens (including phenoxy) is 1. The van der Waals surface area contributed by atoms with Gasteiger partial charge >= 0.3 is 10.2 Å². The number of amidine groups is 1. The van der Waals surface area contributed by atoms with Gasteiger partial charge in [-0.05, 0) is 25.0 Å². The zero-order chi connectivity index (χ0) is 18.7. The molecule has 1 aromatic rings. The molecule has 142 valence electrons. The minimum Gasteiger partial charge on any atom is -0.491 e. The van der Waals surface area contributed by atoms with Crippen LogP contribution in [0.5, 0.6) is 5.75 Å². The molecular weight excluding hydrogens is 362 g/mol. The van der Waals surface area contributed by atoms with Crippen LogP contribution in [0.2, 0.25) is 0 Å². The molecule has 0 aromatic heterocycles. The Hall–Kier alpha value is -2.37. The summed E-state index contributed by atoms with van der Waals surface area (Å²) in [4.78, 5) is 11.9. The first-order valence-electron chi connectivity index (χ1n) is 8.21. The average Bonchev–Trinajstić information content (AvgIpc) is 2.59. The number of aliphatic hydroxyl groups is 1. The highest BCUT2D eigenvalue weighted by Crippen LogP contribution is 2.30. The van der Waals surface area contributed by atoms with Crippen molar-refractivity contribution in [2.45, 2.75) is 25.3 Å². The van der Waals surface area contributed by atoms with Gasteiger partial charge in [0.15, 0.2) is 5.84 Å². The van der Waals surface area contributed by atoms with Crippen LogP contribution in [0.15, 0.2) is 22.6 Å². The predicted octanol–water partition coefficient (Wildman–Crippen LogP) is -0.681. The Morgan fingerprint density at radius 3 is 3.04 bits per heavy atom. The van der Waals surface area contributed by atoms with Gasteiger partial charge in [0.1, 0.15) is 12.4 Å². The maximum Gasteiger partial charge on any atom is 0.344 e. The number of nitrogens with two attached hydrogens (primary N) is 1. The average molecular weight is 383 g/mol. The lowest BCUT2D eigenvalue weighted by Crippen LogP contribution is -2.54. The summed E-state index contributed by atoms with van der Waals surface area (Å²) in [6.45, 7) is 0.652. The van der Waals surface area contributed by atoms with E-state index < -0.39 is 10.2 Å². The quantitative estimate of drug-likeness (QED) is 0.527. The lowest BCUT2D eigenvalue weighted by Gasteiger charge is -2.34. The van der Waals surface area contributed by atoms with E-state index in [1.807, 2.05) is 0 Å². The third kappa shape index (κ3) is 4.06. The summed E-state index contributed by atoms with van der Waals surface area (Å²) in [6, 6.07) is 4.81. The molecule has 1 fully saturated rings. The fourth-order valence-electron chi connectivity index (χ4n) is 2.92. The molecule has 0 saturated carbocycles. The molecule has 0 radical (unpaired) electrons. The molecule has 26 heavy (non-hydrogen) atoms. The Bertz CT molecular complexity index is 826. The third-order valence-corrected chi connectivity index (χ3v) is 4.99. The van der Waals surface area contributed by atoms with Gasteiger partial charge in [0, 0.05) is 6.54 Å². The summed E-state index contributed by atoms with van der Waals surface area (Å²) >= 11 is 0. The van der Waals surface area contributed by atoms with Gasteiger partial charge in [0.25, 0.3) is 0 Å². The molecule has 2 aliphatic heterocycles. The number of hydrogen-bond donors (Lipinski definition) is 4. The predicted molar refractivity (Wildman–Crippen MR) is 94.8 cm³/mol. The monoisotopic (exact) mass is 383 g/mol. The van der Waals surface area contributed by atoms with Crippen molar-refractivity contribution >= 4 is 27.6 Å². The first-order chi connectivity index (χ1) is 12.4. The SMILES string of the molecule is NC1=NS(=O)(=O)Nc2cccc(OC[C@H]3CCCN(C(=O)CCO)N3)c21. The van der Waals surface area contributed by atoms with E-state index in [2.05, 4.69) is 14.5 Å². The molecule has 5 N–H and O–H groups in total. The highest BCUT2D eigenvalue weighted by atomic mass is 32.2. The van der Waals surface area contributed by atoms with Crippen molar-refractivity contribution < 1.29 is 23.1 Å². The fraction of sp³-hybridized carbons (Fsp3) is 0.467. The molecule has 2 aliphatic rings. The number of carbonyl (C=O) groups excluding carboxylic acids is 1. The number of aliphatic hydroxyl groups excluding tert-OH is 1. The van der Waals surface area contributed by atoms with Gasteiger partial charge in [-0.3, -0.25) is 14.5 Å². The lowest BCUT2D eigenvalue weighted by atomic mass is 10.1. The van der Waals surface area contributed by atoms with Gasteiger partial charge < -0.3 is 15.6 Å². The summed E-state index contributed by atoms with van der Waals surface area (Å²) in [5.41, 5.74) is 9.58. The molecule has 10 nitrogen and oxygen atoms in total. The molecule has 1 aromatic carbocycles. The second kappa shape index (κ2) is 7.48. The highest BCUT2D eigenvalue weighted by molar-refractivity contribution is 7.91. The van der Waals surface area contributed by atoms with Crippen LogP contribution in [0.25, 0.3) is 0 Å². The lowest BCUT2D eigenvalue weighted by molar-refractivity contribution is -0.137. The van der Waals surface area contributed by atoms with E-state index in [-0.39, 0.29) is 37.4 Å². The number of anilines is 1. The summed E-state index contributed by atoms with van der Waals surface area (Å²) in [7, 11) is -3.84. The maximum atomic E-state index is 11.9. The number of hydrogen-bond acceptors (Lipinski definition) is 7. The largest absolute Gasteiger partial charge is 0.491 e. The van der Waals surface area contributed by atoms with Crippen molar-refractivity contribution in [3.8, 4) is 5.75 Å². The van der Waals surface area contributed by atoms with E-state index in [1.165, 1.54) is 5.01 Å². The number of carbonyl (C=O) groups is 1. The van der Waals surface area contributed by atoms with Crippen LogP contribution in [-0.2, 0) is 15.0 Å². The number of hydrazine groups is 1. The Morgan fingerprint density at radius 2 is 2.27 bits per heavy atom. The van der Waals surface area contributed by atoms with Crippen LogP contribution in [-0.4, -0.2) is 56.1 Å². The van der Waals surface area contributed by atoms with Gasteiger partial charge in [-0.1, -0.05) is 6.07 Å². The standard InChI is InChI=1S/C15H21N5O5S/c16-15-14-11(18-26(23,24)19-15)4-1-5-12(14)25-9-10-3-2-7-20(17-10)13(22)6-8-21/h1,4-5,10,17-18,21H,2-3,6-9H2,(H2,16,19)/t10-/m1/s1. The van der Waals surface area contributed by atoms with Crippen LogP contribution in [0.4, 0.5) is 5.69 Å². The zero-order valence-electron chi connectivity index (χ0n) is 14.0. The molecule has 2 heterocycles. The van der Waals surface area contributed by atoms with Crippen molar-refractivity contribution in [1.82, 2.24) is 10.4 Å². The molecule has 0 spiro atoms. The van der Waals surface area contributed by atoms with E-state index in [0.717, 1.165) is 12.8 Å². The van der Waals surface area contributed by atoms with E-state index in [0.29, 0.717) is 23.5 Å². The van der Waals surface area contributed by atoms with Crippen LogP contribution >= 0.6 is 0 Å². The van der Waals surface area contributed by atoms with Crippen LogP contribution in [0.1, 0.15) is 24.8 Å². The number of benzene rings is 1. The molecule has 1 atom stereocenters. The van der Waals surface area contributed by atoms with Crippen LogP contribution < -0.4 is 20.6 Å². The molecule has 1 amide bonds. The van der Waals surface area contributed by atoms with Gasteiger partial charge in [0.2, 0.25) is 5.91 Å². The molecule has 11 heteroatoms. The van der Waals surface area contributed by atoms with E-state index >= 15 is 0 Å². The van der Waals surface area contributed by atoms with Gasteiger partial charge in [-0.2, -0.15) is 8.42 Å². The number of nitrogens with one attached hydrogen (secondary N) is 2. The summed E-state index contributed by atoms with van der Waals surface area (Å²) in [6.07, 6.45) is 1.70. The molecule has 0 aliphatic carbocycles. The fourth-order valence-corrected chi connectivity index (χ4v) is 3.77. The van der Waals surface area contributed by atoms with E-state index in [1.54, 1.807) is 18.2 Å². The molecule has 0 bridgehead atoms. The van der Waals surface area contributed by atoms with Crippen LogP contribution in [0.3, 0.4) is 0 Å². The van der Waals surface area contributed by atoms with Gasteiger partial charge in [-0.15, -0.1) is 4.40 Å². The van der Waals surface area contributed by atoms with Gasteiger partial charge in [-0.25, -0.2) is 5.43 Å². The van der Waals surface area contributed by atoms with E-state index in [4.69, 9.17) is 15.6 Å². The Balaban J connectivity index is 1.69. The zero-order valence-corrected chi connectivity index (χ0v) is 14.8. The number of rotatable bonds is 5. The van der Waals surface area contributed by atoms with Crippen molar-refractivity contribution in [2.75, 3.05) is 24.5 Å². The summed E-state index contributed by atoms with van der Waals surface area (Å²) in [5, 5.41) is 10.4. The van der Waals surface area contributed by atoms with Crippen LogP contribution in [0, 0.1) is 0 Å². The second-order valence-corrected chi connectivity index (χ2v) is 7.37. The Labute approximate surface area is 151 Å². The van der Waals surface area contributed by atoms with Crippen molar-refractivity contribution in [3.63, 3.8) is 0 Å². The third-order valence-electron chi connectivity index (χ3n) is 4.08. The maximum absolute atomic E-state index is 11.9. The number of fused-ring (bicyclic) bond motifs is 1. The first-order valence-corrected chi connectivity index (χ1v) is 9.65. The number of nitrogens with zero attached hydrogens (tertiary/aromatic N) is 2. The first kappa shape index (κ1) is 18.4. The highest BCUT2D eigenvalue weighted by Gasteiger charge is 2.26. The van der Waals surface area contributed by atoms with Crippen molar-refractivity contribution in [1.29, 1.82) is 0 Å². The topological polar surface area (TPSA) is 146 Å². The minimum atomic E-state index is -3.84. The van der Waals surface area contributed by atoms with Crippen molar-refractivity contribution in [2.24, 2.45) is 10.1 Å². The molecule has 0 unspecified atom stereocenters. The molecule has 1 saturated heterocycles. The molecular formula is C15H21N5O5S. The summed E-state index contributed by atoms with van der Waals surface area (Å²) in [5.74, 6) is 0.109. The Morgan fingerprint density at radius 1 is 1.46 bits per heavy atom. The Kier molecular flexibility index (Phi) is 5.30. The molecule has 3 rings (SSSR count). The second-order valence-electron chi connectivity index (χ2n) is 6.03. The summed E-state index contributed by atoms with van der Waals surface area (Å²) < 4.78 is 34.8.